The lowest BCUT2D eigenvalue weighted by atomic mass is 9.79. The van der Waals surface area contributed by atoms with Gasteiger partial charge in [-0.1, -0.05) is 188 Å². The van der Waals surface area contributed by atoms with Gasteiger partial charge in [-0.05, 0) is 105 Å². The van der Waals surface area contributed by atoms with Crippen molar-refractivity contribution in [3.8, 4) is 77.9 Å². The lowest BCUT2D eigenvalue weighted by Gasteiger charge is -2.23. The second kappa shape index (κ2) is 11.6. The Kier molecular flexibility index (Phi) is 6.60. The molecule has 0 amide bonds. The Hall–Kier alpha value is -6.50. The Bertz CT molecular complexity index is 2710. The lowest BCUT2D eigenvalue weighted by Crippen LogP contribution is -1.96. The molecule has 0 fully saturated rings. The summed E-state index contributed by atoms with van der Waals surface area (Å²) in [6.45, 7) is 0. The van der Waals surface area contributed by atoms with Crippen LogP contribution < -0.4 is 0 Å². The van der Waals surface area contributed by atoms with Gasteiger partial charge in [0, 0.05) is 0 Å². The standard InChI is InChI=1S/C50H32/c1-4-16-33(17-5-1)37-30-31-39(35-20-8-3-9-21-35)45(32-37)48-42-27-13-12-26-41(42)47(40-25-11-10-24-38(40)34-18-6-2-7-19-34)49-43-28-14-22-36-23-15-29-44(46(36)43)50(48)49/h1-32H. The maximum atomic E-state index is 2.43. The maximum Gasteiger partial charge on any atom is -0.000719 e. The molecule has 0 N–H and O–H groups in total. The zero-order valence-corrected chi connectivity index (χ0v) is 27.5. The van der Waals surface area contributed by atoms with Gasteiger partial charge >= 0.3 is 0 Å². The predicted molar refractivity (Wildman–Crippen MR) is 213 cm³/mol. The molecule has 9 aromatic rings. The quantitative estimate of drug-likeness (QED) is 0.177. The molecule has 0 unspecified atom stereocenters. The van der Waals surface area contributed by atoms with Gasteiger partial charge in [0.1, 0.15) is 0 Å². The molecule has 0 aromatic heterocycles. The third-order valence-corrected chi connectivity index (χ3v) is 10.4. The summed E-state index contributed by atoms with van der Waals surface area (Å²) in [4.78, 5) is 0. The highest BCUT2D eigenvalue weighted by atomic mass is 14.3. The van der Waals surface area contributed by atoms with E-state index >= 15 is 0 Å². The molecule has 0 bridgehead atoms. The minimum Gasteiger partial charge on any atom is -0.0622 e. The topological polar surface area (TPSA) is 0 Å². The lowest BCUT2D eigenvalue weighted by molar-refractivity contribution is 1.57. The highest BCUT2D eigenvalue weighted by Gasteiger charge is 2.32. The van der Waals surface area contributed by atoms with Gasteiger partial charge < -0.3 is 0 Å². The number of fused-ring (bicyclic) bond motifs is 4. The molecule has 0 nitrogen and oxygen atoms in total. The molecule has 9 aromatic carbocycles. The Balaban J connectivity index is 1.40. The molecule has 0 saturated carbocycles. The molecule has 10 rings (SSSR count). The van der Waals surface area contributed by atoms with Crippen molar-refractivity contribution in [2.24, 2.45) is 0 Å². The van der Waals surface area contributed by atoms with E-state index in [1.165, 1.54) is 99.4 Å². The molecule has 0 aliphatic heterocycles. The van der Waals surface area contributed by atoms with Crippen LogP contribution in [0.3, 0.4) is 0 Å². The van der Waals surface area contributed by atoms with Crippen molar-refractivity contribution in [2.75, 3.05) is 0 Å². The molecule has 50 heavy (non-hydrogen) atoms. The van der Waals surface area contributed by atoms with Crippen LogP contribution in [0.25, 0.3) is 99.4 Å². The molecular weight excluding hydrogens is 601 g/mol. The van der Waals surface area contributed by atoms with E-state index in [4.69, 9.17) is 0 Å². The van der Waals surface area contributed by atoms with Crippen LogP contribution in [0.4, 0.5) is 0 Å². The summed E-state index contributed by atoms with van der Waals surface area (Å²) in [5, 5.41) is 5.13. The van der Waals surface area contributed by atoms with Gasteiger partial charge in [0.15, 0.2) is 0 Å². The van der Waals surface area contributed by atoms with Crippen molar-refractivity contribution in [2.45, 2.75) is 0 Å². The fraction of sp³-hybridized carbons (Fsp3) is 0. The molecule has 0 radical (unpaired) electrons. The van der Waals surface area contributed by atoms with E-state index in [0.29, 0.717) is 0 Å². The van der Waals surface area contributed by atoms with E-state index in [1.807, 2.05) is 0 Å². The van der Waals surface area contributed by atoms with Crippen molar-refractivity contribution >= 4 is 21.5 Å². The first-order chi connectivity index (χ1) is 24.8. The van der Waals surface area contributed by atoms with Crippen LogP contribution in [0, 0.1) is 0 Å². The molecular formula is C50H32. The Morgan fingerprint density at radius 2 is 0.660 bits per heavy atom. The van der Waals surface area contributed by atoms with E-state index in [0.717, 1.165) is 0 Å². The molecule has 0 atom stereocenters. The van der Waals surface area contributed by atoms with Crippen molar-refractivity contribution in [3.63, 3.8) is 0 Å². The Labute approximate surface area is 292 Å². The molecule has 1 aliphatic carbocycles. The third-order valence-electron chi connectivity index (χ3n) is 10.4. The van der Waals surface area contributed by atoms with E-state index in [-0.39, 0.29) is 0 Å². The first-order valence-corrected chi connectivity index (χ1v) is 17.4. The first-order valence-electron chi connectivity index (χ1n) is 17.4. The molecule has 0 heteroatoms. The summed E-state index contributed by atoms with van der Waals surface area (Å²) in [5.74, 6) is 0. The van der Waals surface area contributed by atoms with Gasteiger partial charge in [0.05, 0.1) is 0 Å². The van der Waals surface area contributed by atoms with E-state index in [9.17, 15) is 0 Å². The van der Waals surface area contributed by atoms with Gasteiger partial charge in [-0.25, -0.2) is 0 Å². The first kappa shape index (κ1) is 28.5. The molecule has 0 spiro atoms. The van der Waals surface area contributed by atoms with Crippen LogP contribution in [0.2, 0.25) is 0 Å². The monoisotopic (exact) mass is 632 g/mol. The largest absolute Gasteiger partial charge is 0.0622 e. The normalized spacial score (nSPS) is 11.6. The molecule has 0 saturated heterocycles. The van der Waals surface area contributed by atoms with Crippen LogP contribution in [-0.2, 0) is 0 Å². The zero-order valence-electron chi connectivity index (χ0n) is 27.5. The highest BCUT2D eigenvalue weighted by Crippen LogP contribution is 2.59. The third kappa shape index (κ3) is 4.39. The second-order valence-corrected chi connectivity index (χ2v) is 13.2. The zero-order chi connectivity index (χ0) is 33.0. The summed E-state index contributed by atoms with van der Waals surface area (Å²) >= 11 is 0. The second-order valence-electron chi connectivity index (χ2n) is 13.2. The van der Waals surface area contributed by atoms with Gasteiger partial charge in [0.25, 0.3) is 0 Å². The summed E-state index contributed by atoms with van der Waals surface area (Å²) in [6, 6.07) is 71.2. The number of benzene rings is 9. The van der Waals surface area contributed by atoms with Crippen molar-refractivity contribution in [1.82, 2.24) is 0 Å². The molecule has 1 aliphatic rings. The number of hydrogen-bond donors (Lipinski definition) is 0. The van der Waals surface area contributed by atoms with Crippen LogP contribution in [-0.4, -0.2) is 0 Å². The SMILES string of the molecule is c1ccc(-c2ccc(-c3ccccc3)c(-c3c4c(c(-c5ccccc5-c5ccccc5)c5ccccc35)-c3cccc5cccc-4c35)c2)cc1. The van der Waals surface area contributed by atoms with Crippen LogP contribution >= 0.6 is 0 Å². The fourth-order valence-electron chi connectivity index (χ4n) is 8.30. The smallest absolute Gasteiger partial charge is 0.000719 e. The summed E-state index contributed by atoms with van der Waals surface area (Å²) < 4.78 is 0. The molecule has 232 valence electrons. The maximum absolute atomic E-state index is 2.43. The van der Waals surface area contributed by atoms with E-state index < -0.39 is 0 Å². The Morgan fingerprint density at radius 3 is 1.24 bits per heavy atom. The minimum atomic E-state index is 1.21. The van der Waals surface area contributed by atoms with Gasteiger partial charge in [-0.2, -0.15) is 0 Å². The van der Waals surface area contributed by atoms with Crippen LogP contribution in [0.1, 0.15) is 0 Å². The summed E-state index contributed by atoms with van der Waals surface area (Å²) in [7, 11) is 0. The molecule has 0 heterocycles. The van der Waals surface area contributed by atoms with Crippen molar-refractivity contribution in [3.05, 3.63) is 194 Å². The van der Waals surface area contributed by atoms with Gasteiger partial charge in [0.2, 0.25) is 0 Å². The highest BCUT2D eigenvalue weighted by molar-refractivity contribution is 6.28. The number of rotatable bonds is 5. The Morgan fingerprint density at radius 1 is 0.220 bits per heavy atom. The van der Waals surface area contributed by atoms with Gasteiger partial charge in [-0.3, -0.25) is 0 Å². The van der Waals surface area contributed by atoms with Crippen molar-refractivity contribution < 1.29 is 0 Å². The summed E-state index contributed by atoms with van der Waals surface area (Å²) in [5.41, 5.74) is 17.7. The average molecular weight is 633 g/mol. The van der Waals surface area contributed by atoms with Crippen LogP contribution in [0.15, 0.2) is 194 Å². The van der Waals surface area contributed by atoms with Crippen molar-refractivity contribution in [1.29, 1.82) is 0 Å². The number of hydrogen-bond acceptors (Lipinski definition) is 0. The predicted octanol–water partition coefficient (Wildman–Crippen LogP) is 14.0. The fourth-order valence-corrected chi connectivity index (χ4v) is 8.30. The van der Waals surface area contributed by atoms with E-state index in [1.54, 1.807) is 0 Å². The van der Waals surface area contributed by atoms with E-state index in [2.05, 4.69) is 194 Å². The summed E-state index contributed by atoms with van der Waals surface area (Å²) in [6.07, 6.45) is 0. The van der Waals surface area contributed by atoms with Gasteiger partial charge in [-0.15, -0.1) is 0 Å². The minimum absolute atomic E-state index is 1.21. The average Bonchev–Trinajstić information content (AvgIpc) is 3.53. The van der Waals surface area contributed by atoms with Crippen LogP contribution in [0.5, 0.6) is 0 Å².